The van der Waals surface area contributed by atoms with Gasteiger partial charge in [0.2, 0.25) is 0 Å². The minimum atomic E-state index is -4.57. The topological polar surface area (TPSA) is 43.4 Å². The number of carbonyl (C=O) groups is 2. The molecule has 23 heavy (non-hydrogen) atoms. The van der Waals surface area contributed by atoms with E-state index in [0.717, 1.165) is 24.8 Å². The predicted octanol–water partition coefficient (Wildman–Crippen LogP) is 3.97. The van der Waals surface area contributed by atoms with E-state index < -0.39 is 29.1 Å². The van der Waals surface area contributed by atoms with Crippen LogP contribution in [0.3, 0.4) is 0 Å². The molecule has 0 aliphatic rings. The molecular formula is C16H17F3O3S. The lowest BCUT2D eigenvalue weighted by molar-refractivity contribution is -0.140. The molecule has 1 aromatic rings. The number of ether oxygens (including phenoxy) is 1. The molecule has 0 fully saturated rings. The Hall–Kier alpha value is -1.76. The zero-order valence-electron chi connectivity index (χ0n) is 12.8. The van der Waals surface area contributed by atoms with Crippen molar-refractivity contribution < 1.29 is 27.5 Å². The van der Waals surface area contributed by atoms with E-state index in [4.69, 9.17) is 4.74 Å². The number of esters is 1. The second-order valence-electron chi connectivity index (χ2n) is 4.53. The van der Waals surface area contributed by atoms with E-state index in [9.17, 15) is 22.8 Å². The molecule has 3 nitrogen and oxygen atoms in total. The van der Waals surface area contributed by atoms with Crippen molar-refractivity contribution in [3.8, 4) is 0 Å². The molecule has 126 valence electrons. The maximum absolute atomic E-state index is 13.0. The van der Waals surface area contributed by atoms with Crippen molar-refractivity contribution in [1.82, 2.24) is 0 Å². The molecule has 0 unspecified atom stereocenters. The molecule has 0 aliphatic carbocycles. The summed E-state index contributed by atoms with van der Waals surface area (Å²) in [6.45, 7) is 3.16. The zero-order chi connectivity index (χ0) is 17.5. The van der Waals surface area contributed by atoms with Gasteiger partial charge in [-0.05, 0) is 30.4 Å². The summed E-state index contributed by atoms with van der Waals surface area (Å²) in [5, 5.41) is 0. The maximum atomic E-state index is 13.0. The molecule has 0 aliphatic heterocycles. The molecule has 1 rings (SSSR count). The number of thioether (sulfide) groups is 1. The van der Waals surface area contributed by atoms with Crippen LogP contribution in [0, 0.1) is 0 Å². The molecule has 0 radical (unpaired) electrons. The fourth-order valence-corrected chi connectivity index (χ4v) is 2.25. The standard InChI is InChI=1S/C16H17F3O3S/c1-3-23-9-8-22-15(21)13(11(2)20)10-12-6-4-5-7-14(12)16(17,18)19/h4-7,10H,3,8-9H2,1-2H3/b13-10+. The quantitative estimate of drug-likeness (QED) is 0.246. The van der Waals surface area contributed by atoms with Gasteiger partial charge >= 0.3 is 12.1 Å². The van der Waals surface area contributed by atoms with E-state index >= 15 is 0 Å². The van der Waals surface area contributed by atoms with E-state index in [1.807, 2.05) is 6.92 Å². The Labute approximate surface area is 136 Å². The summed E-state index contributed by atoms with van der Waals surface area (Å²) in [4.78, 5) is 23.5. The number of carbonyl (C=O) groups excluding carboxylic acids is 2. The number of benzene rings is 1. The predicted molar refractivity (Wildman–Crippen MR) is 84.1 cm³/mol. The van der Waals surface area contributed by atoms with Crippen molar-refractivity contribution >= 4 is 29.6 Å². The Bertz CT molecular complexity index is 594. The maximum Gasteiger partial charge on any atom is 0.416 e. The van der Waals surface area contributed by atoms with E-state index in [2.05, 4.69) is 0 Å². The minimum Gasteiger partial charge on any atom is -0.461 e. The third kappa shape index (κ3) is 6.09. The van der Waals surface area contributed by atoms with Crippen LogP contribution in [-0.2, 0) is 20.5 Å². The van der Waals surface area contributed by atoms with Crippen molar-refractivity contribution in [2.24, 2.45) is 0 Å². The number of hydrogen-bond acceptors (Lipinski definition) is 4. The Morgan fingerprint density at radius 1 is 1.26 bits per heavy atom. The highest BCUT2D eigenvalue weighted by Crippen LogP contribution is 2.32. The molecule has 7 heteroatoms. The van der Waals surface area contributed by atoms with Crippen molar-refractivity contribution in [3.63, 3.8) is 0 Å². The Morgan fingerprint density at radius 2 is 1.91 bits per heavy atom. The normalized spacial score (nSPS) is 12.1. The van der Waals surface area contributed by atoms with Crippen LogP contribution in [-0.4, -0.2) is 29.9 Å². The van der Waals surface area contributed by atoms with Crippen LogP contribution < -0.4 is 0 Å². The van der Waals surface area contributed by atoms with Crippen molar-refractivity contribution in [2.45, 2.75) is 20.0 Å². The first kappa shape index (κ1) is 19.3. The minimum absolute atomic E-state index is 0.100. The summed E-state index contributed by atoms with van der Waals surface area (Å²) >= 11 is 1.55. The van der Waals surface area contributed by atoms with Gasteiger partial charge in [0.05, 0.1) is 5.56 Å². The molecule has 0 saturated carbocycles. The summed E-state index contributed by atoms with van der Waals surface area (Å²) in [5.74, 6) is -0.139. The Balaban J connectivity index is 3.05. The first-order valence-electron chi connectivity index (χ1n) is 6.91. The van der Waals surface area contributed by atoms with Crippen LogP contribution in [0.4, 0.5) is 13.2 Å². The second-order valence-corrected chi connectivity index (χ2v) is 5.93. The van der Waals surface area contributed by atoms with Gasteiger partial charge in [0, 0.05) is 5.75 Å². The number of Topliss-reactive ketones (excluding diaryl/α,β-unsaturated/α-hetero) is 1. The van der Waals surface area contributed by atoms with Gasteiger partial charge in [0.15, 0.2) is 5.78 Å². The van der Waals surface area contributed by atoms with Crippen LogP contribution in [0.2, 0.25) is 0 Å². The molecular weight excluding hydrogens is 329 g/mol. The molecule has 0 heterocycles. The van der Waals surface area contributed by atoms with Gasteiger partial charge in [-0.3, -0.25) is 4.79 Å². The summed E-state index contributed by atoms with van der Waals surface area (Å²) in [7, 11) is 0. The number of rotatable bonds is 7. The van der Waals surface area contributed by atoms with Crippen molar-refractivity contribution in [2.75, 3.05) is 18.1 Å². The van der Waals surface area contributed by atoms with Gasteiger partial charge in [0.25, 0.3) is 0 Å². The molecule has 0 bridgehead atoms. The van der Waals surface area contributed by atoms with Crippen LogP contribution in [0.25, 0.3) is 6.08 Å². The van der Waals surface area contributed by atoms with E-state index in [1.165, 1.54) is 18.2 Å². The largest absolute Gasteiger partial charge is 0.461 e. The summed E-state index contributed by atoms with van der Waals surface area (Å²) in [6.07, 6.45) is -3.64. The lowest BCUT2D eigenvalue weighted by atomic mass is 10.0. The summed E-state index contributed by atoms with van der Waals surface area (Å²) < 4.78 is 43.8. The van der Waals surface area contributed by atoms with Crippen LogP contribution in [0.5, 0.6) is 0 Å². The van der Waals surface area contributed by atoms with Gasteiger partial charge in [-0.25, -0.2) is 4.79 Å². The van der Waals surface area contributed by atoms with Gasteiger partial charge in [0.1, 0.15) is 12.2 Å². The Kier molecular flexibility index (Phi) is 7.35. The van der Waals surface area contributed by atoms with E-state index in [1.54, 1.807) is 11.8 Å². The number of halogens is 3. The molecule has 1 aromatic carbocycles. The number of ketones is 1. The summed E-state index contributed by atoms with van der Waals surface area (Å²) in [6, 6.07) is 4.74. The first-order chi connectivity index (χ1) is 10.8. The lowest BCUT2D eigenvalue weighted by Gasteiger charge is -2.11. The van der Waals surface area contributed by atoms with Crippen LogP contribution >= 0.6 is 11.8 Å². The van der Waals surface area contributed by atoms with E-state index in [0.29, 0.717) is 5.75 Å². The molecule has 0 aromatic heterocycles. The van der Waals surface area contributed by atoms with Crippen LogP contribution in [0.1, 0.15) is 25.0 Å². The SMILES string of the molecule is CCSCCOC(=O)/C(=C/c1ccccc1C(F)(F)F)C(C)=O. The molecule has 0 N–H and O–H groups in total. The monoisotopic (exact) mass is 346 g/mol. The Morgan fingerprint density at radius 3 is 2.48 bits per heavy atom. The average Bonchev–Trinajstić information content (AvgIpc) is 2.48. The first-order valence-corrected chi connectivity index (χ1v) is 8.06. The number of hydrogen-bond donors (Lipinski definition) is 0. The van der Waals surface area contributed by atoms with Crippen molar-refractivity contribution in [1.29, 1.82) is 0 Å². The van der Waals surface area contributed by atoms with Gasteiger partial charge in [-0.15, -0.1) is 0 Å². The number of alkyl halides is 3. The van der Waals surface area contributed by atoms with Crippen LogP contribution in [0.15, 0.2) is 29.8 Å². The summed E-state index contributed by atoms with van der Waals surface area (Å²) in [5.41, 5.74) is -1.55. The second kappa shape index (κ2) is 8.76. The third-order valence-corrected chi connectivity index (χ3v) is 3.69. The van der Waals surface area contributed by atoms with Crippen molar-refractivity contribution in [3.05, 3.63) is 41.0 Å². The highest BCUT2D eigenvalue weighted by molar-refractivity contribution is 7.99. The van der Waals surface area contributed by atoms with E-state index in [-0.39, 0.29) is 12.2 Å². The lowest BCUT2D eigenvalue weighted by Crippen LogP contribution is -2.16. The highest BCUT2D eigenvalue weighted by Gasteiger charge is 2.33. The van der Waals surface area contributed by atoms with Gasteiger partial charge in [-0.2, -0.15) is 24.9 Å². The zero-order valence-corrected chi connectivity index (χ0v) is 13.6. The van der Waals surface area contributed by atoms with Gasteiger partial charge in [-0.1, -0.05) is 25.1 Å². The molecule has 0 atom stereocenters. The average molecular weight is 346 g/mol. The smallest absolute Gasteiger partial charge is 0.416 e. The molecule has 0 spiro atoms. The third-order valence-electron chi connectivity index (χ3n) is 2.83. The molecule has 0 amide bonds. The molecule has 0 saturated heterocycles. The fourth-order valence-electron chi connectivity index (χ4n) is 1.76. The van der Waals surface area contributed by atoms with Gasteiger partial charge < -0.3 is 4.74 Å². The fraction of sp³-hybridized carbons (Fsp3) is 0.375. The highest BCUT2D eigenvalue weighted by atomic mass is 32.2.